The number of rotatable bonds is 4. The lowest BCUT2D eigenvalue weighted by atomic mass is 9.51. The van der Waals surface area contributed by atoms with Crippen LogP contribution in [0.5, 0.6) is 0 Å². The molecule has 1 N–H and O–H groups in total. The van der Waals surface area contributed by atoms with Gasteiger partial charge in [-0.25, -0.2) is 0 Å². The second kappa shape index (κ2) is 4.30. The third-order valence-electron chi connectivity index (χ3n) is 5.09. The molecule has 4 bridgehead atoms. The summed E-state index contributed by atoms with van der Waals surface area (Å²) < 4.78 is 2.95. The molecule has 4 saturated carbocycles. The highest BCUT2D eigenvalue weighted by molar-refractivity contribution is 7.98. The monoisotopic (exact) mass is 241 g/mol. The Balaban J connectivity index is 1.77. The Bertz CT molecular complexity index is 256. The van der Waals surface area contributed by atoms with Crippen LogP contribution < -0.4 is 0 Å². The van der Waals surface area contributed by atoms with Crippen molar-refractivity contribution in [2.45, 2.75) is 37.4 Å². The van der Waals surface area contributed by atoms with E-state index in [2.05, 4.69) is 4.58 Å². The second-order valence-electron chi connectivity index (χ2n) is 5.91. The quantitative estimate of drug-likeness (QED) is 0.608. The Morgan fingerprint density at radius 3 is 2.12 bits per heavy atom. The smallest absolute Gasteiger partial charge is 0.0572 e. The van der Waals surface area contributed by atoms with Crippen LogP contribution in [-0.2, 0) is 0 Å². The van der Waals surface area contributed by atoms with E-state index in [-0.39, 0.29) is 11.9 Å². The SMILES string of the molecule is O=NSC(CO)C1C2CC3CC(C2)CC1C3. The Morgan fingerprint density at radius 1 is 1.12 bits per heavy atom. The highest BCUT2D eigenvalue weighted by Gasteiger charge is 2.50. The summed E-state index contributed by atoms with van der Waals surface area (Å²) in [6, 6.07) is 0. The summed E-state index contributed by atoms with van der Waals surface area (Å²) in [5.41, 5.74) is 0. The molecular formula is C12H19NO2S. The van der Waals surface area contributed by atoms with Gasteiger partial charge in [0.25, 0.3) is 0 Å². The summed E-state index contributed by atoms with van der Waals surface area (Å²) in [6.45, 7) is 0.114. The lowest BCUT2D eigenvalue weighted by molar-refractivity contribution is -0.0416. The number of aliphatic hydroxyl groups excluding tert-OH is 1. The van der Waals surface area contributed by atoms with Gasteiger partial charge in [0, 0.05) is 16.5 Å². The molecule has 0 aromatic rings. The molecule has 0 amide bonds. The summed E-state index contributed by atoms with van der Waals surface area (Å²) in [6.07, 6.45) is 6.81. The van der Waals surface area contributed by atoms with Crippen LogP contribution in [0.4, 0.5) is 0 Å². The molecule has 4 heteroatoms. The Morgan fingerprint density at radius 2 is 1.69 bits per heavy atom. The van der Waals surface area contributed by atoms with E-state index in [0.717, 1.165) is 35.6 Å². The Labute approximate surface area is 100 Å². The van der Waals surface area contributed by atoms with E-state index in [1.54, 1.807) is 0 Å². The normalized spacial score (nSPS) is 46.9. The number of nitrogens with zero attached hydrogens (tertiary/aromatic N) is 1. The predicted octanol–water partition coefficient (Wildman–Crippen LogP) is 2.83. The molecule has 0 aromatic carbocycles. The van der Waals surface area contributed by atoms with Crippen LogP contribution in [0.25, 0.3) is 0 Å². The van der Waals surface area contributed by atoms with Gasteiger partial charge in [-0.2, -0.15) is 0 Å². The lowest BCUT2D eigenvalue weighted by Crippen LogP contribution is -2.49. The zero-order valence-electron chi connectivity index (χ0n) is 9.42. The van der Waals surface area contributed by atoms with E-state index in [0.29, 0.717) is 5.92 Å². The number of nitroso groups, excluding NO2 is 1. The van der Waals surface area contributed by atoms with E-state index in [1.165, 1.54) is 32.1 Å². The third kappa shape index (κ3) is 1.70. The first-order valence-corrected chi connectivity index (χ1v) is 7.24. The van der Waals surface area contributed by atoms with E-state index >= 15 is 0 Å². The zero-order chi connectivity index (χ0) is 11.1. The summed E-state index contributed by atoms with van der Waals surface area (Å²) in [7, 11) is 0. The van der Waals surface area contributed by atoms with Gasteiger partial charge in [0.2, 0.25) is 0 Å². The minimum absolute atomic E-state index is 0.0625. The lowest BCUT2D eigenvalue weighted by Gasteiger charge is -2.55. The van der Waals surface area contributed by atoms with Gasteiger partial charge >= 0.3 is 0 Å². The van der Waals surface area contributed by atoms with E-state index in [1.807, 2.05) is 0 Å². The van der Waals surface area contributed by atoms with Gasteiger partial charge < -0.3 is 5.11 Å². The summed E-state index contributed by atoms with van der Waals surface area (Å²) in [4.78, 5) is 10.4. The van der Waals surface area contributed by atoms with Crippen molar-refractivity contribution in [2.75, 3.05) is 6.61 Å². The maximum atomic E-state index is 10.4. The maximum Gasteiger partial charge on any atom is 0.0572 e. The number of hydrogen-bond acceptors (Lipinski definition) is 4. The van der Waals surface area contributed by atoms with Crippen molar-refractivity contribution in [1.82, 2.24) is 0 Å². The fourth-order valence-corrected chi connectivity index (χ4v) is 5.62. The van der Waals surface area contributed by atoms with Gasteiger partial charge in [-0.1, -0.05) is 0 Å². The average Bonchev–Trinajstić information content (AvgIpc) is 2.26. The second-order valence-corrected chi connectivity index (χ2v) is 6.87. The van der Waals surface area contributed by atoms with Crippen molar-refractivity contribution in [3.8, 4) is 0 Å². The van der Waals surface area contributed by atoms with Crippen LogP contribution in [0.15, 0.2) is 4.58 Å². The maximum absolute atomic E-state index is 10.4. The third-order valence-corrected chi connectivity index (χ3v) is 5.91. The summed E-state index contributed by atoms with van der Waals surface area (Å²) >= 11 is 1.08. The van der Waals surface area contributed by atoms with Crippen molar-refractivity contribution in [3.05, 3.63) is 4.91 Å². The molecule has 1 atom stereocenters. The molecule has 0 saturated heterocycles. The topological polar surface area (TPSA) is 49.7 Å². The van der Waals surface area contributed by atoms with Crippen LogP contribution in [0.2, 0.25) is 0 Å². The minimum Gasteiger partial charge on any atom is -0.395 e. The van der Waals surface area contributed by atoms with Gasteiger partial charge in [0.15, 0.2) is 0 Å². The van der Waals surface area contributed by atoms with E-state index < -0.39 is 0 Å². The fourth-order valence-electron chi connectivity index (χ4n) is 4.85. The largest absolute Gasteiger partial charge is 0.395 e. The van der Waals surface area contributed by atoms with Crippen molar-refractivity contribution in [2.24, 2.45) is 34.2 Å². The molecule has 16 heavy (non-hydrogen) atoms. The van der Waals surface area contributed by atoms with Crippen LogP contribution in [0.1, 0.15) is 32.1 Å². The molecule has 0 spiro atoms. The van der Waals surface area contributed by atoms with E-state index in [4.69, 9.17) is 0 Å². The van der Waals surface area contributed by atoms with Gasteiger partial charge in [-0.05, 0) is 61.7 Å². The average molecular weight is 241 g/mol. The van der Waals surface area contributed by atoms with E-state index in [9.17, 15) is 10.0 Å². The molecule has 0 aliphatic heterocycles. The number of hydrogen-bond donors (Lipinski definition) is 1. The molecule has 0 heterocycles. The molecule has 4 rings (SSSR count). The molecular weight excluding hydrogens is 222 g/mol. The van der Waals surface area contributed by atoms with Gasteiger partial charge in [0.1, 0.15) is 0 Å². The van der Waals surface area contributed by atoms with Crippen LogP contribution in [0, 0.1) is 34.5 Å². The molecule has 4 aliphatic rings. The summed E-state index contributed by atoms with van der Waals surface area (Å²) in [5, 5.41) is 9.48. The Hall–Kier alpha value is -0.0900. The first kappa shape index (κ1) is 11.0. The highest BCUT2D eigenvalue weighted by Crippen LogP contribution is 2.58. The molecule has 1 unspecified atom stereocenters. The molecule has 0 aromatic heterocycles. The predicted molar refractivity (Wildman–Crippen MR) is 64.8 cm³/mol. The number of aliphatic hydroxyl groups is 1. The zero-order valence-corrected chi connectivity index (χ0v) is 10.2. The van der Waals surface area contributed by atoms with Crippen LogP contribution in [0.3, 0.4) is 0 Å². The van der Waals surface area contributed by atoms with Crippen molar-refractivity contribution in [1.29, 1.82) is 0 Å². The molecule has 3 nitrogen and oxygen atoms in total. The molecule has 0 radical (unpaired) electrons. The molecule has 4 fully saturated rings. The van der Waals surface area contributed by atoms with Crippen molar-refractivity contribution < 1.29 is 5.11 Å². The van der Waals surface area contributed by atoms with Crippen molar-refractivity contribution in [3.63, 3.8) is 0 Å². The van der Waals surface area contributed by atoms with Crippen LogP contribution in [-0.4, -0.2) is 17.0 Å². The van der Waals surface area contributed by atoms with Crippen molar-refractivity contribution >= 4 is 11.9 Å². The van der Waals surface area contributed by atoms with Crippen LogP contribution >= 0.6 is 11.9 Å². The standard InChI is InChI=1S/C12H19NO2S/c14-6-11(16-13-15)12-9-2-7-1-8(4-9)5-10(12)3-7/h7-12,14H,1-6H2. The molecule has 90 valence electrons. The first-order valence-electron chi connectivity index (χ1n) is 6.41. The first-order chi connectivity index (χ1) is 7.81. The fraction of sp³-hybridized carbons (Fsp3) is 1.00. The minimum atomic E-state index is 0.0625. The Kier molecular flexibility index (Phi) is 2.96. The summed E-state index contributed by atoms with van der Waals surface area (Å²) in [5.74, 6) is 3.99. The van der Waals surface area contributed by atoms with Gasteiger partial charge in [0.05, 0.1) is 11.9 Å². The van der Waals surface area contributed by atoms with Gasteiger partial charge in [-0.3, -0.25) is 0 Å². The molecule has 4 aliphatic carbocycles. The highest BCUT2D eigenvalue weighted by atomic mass is 32.2. The van der Waals surface area contributed by atoms with Gasteiger partial charge in [-0.15, -0.1) is 4.91 Å².